The van der Waals surface area contributed by atoms with Crippen LogP contribution in [0.2, 0.25) is 5.02 Å². The van der Waals surface area contributed by atoms with Gasteiger partial charge >= 0.3 is 0 Å². The number of hydrogen-bond donors (Lipinski definition) is 2. The summed E-state index contributed by atoms with van der Waals surface area (Å²) in [6, 6.07) is 7.31. The number of nitrogens with one attached hydrogen (secondary N) is 2. The summed E-state index contributed by atoms with van der Waals surface area (Å²) in [4.78, 5) is 15.1. The highest BCUT2D eigenvalue weighted by Crippen LogP contribution is 2.20. The van der Waals surface area contributed by atoms with Crippen molar-refractivity contribution in [1.82, 2.24) is 25.8 Å². The molecule has 0 fully saturated rings. The first-order valence-corrected chi connectivity index (χ1v) is 9.45. The fourth-order valence-electron chi connectivity index (χ4n) is 2.21. The van der Waals surface area contributed by atoms with E-state index in [2.05, 4.69) is 30.8 Å². The molecule has 0 radical (unpaired) electrons. The average molecular weight is 534 g/mol. The third-order valence-corrected chi connectivity index (χ3v) is 4.83. The van der Waals surface area contributed by atoms with Crippen molar-refractivity contribution < 1.29 is 4.52 Å². The van der Waals surface area contributed by atoms with Crippen LogP contribution in [0.5, 0.6) is 0 Å². The molecule has 2 N–H and O–H groups in total. The predicted octanol–water partition coefficient (Wildman–Crippen LogP) is 3.40. The van der Waals surface area contributed by atoms with Gasteiger partial charge in [0.05, 0.1) is 18.8 Å². The van der Waals surface area contributed by atoms with Crippen LogP contribution in [0.25, 0.3) is 11.4 Å². The summed E-state index contributed by atoms with van der Waals surface area (Å²) in [5.41, 5.74) is 1.76. The number of aliphatic imine (C=N–C) groups is 1. The van der Waals surface area contributed by atoms with Crippen LogP contribution in [0, 0.1) is 0 Å². The topological polar surface area (TPSA) is 91.5 Å². The lowest BCUT2D eigenvalue weighted by Gasteiger charge is -2.09. The van der Waals surface area contributed by atoms with Crippen molar-refractivity contribution in [2.45, 2.75) is 13.1 Å². The Morgan fingerprint density at radius 1 is 1.25 bits per heavy atom. The van der Waals surface area contributed by atoms with Crippen LogP contribution in [-0.2, 0) is 13.1 Å². The summed E-state index contributed by atoms with van der Waals surface area (Å²) in [6.45, 7) is 0.925. The molecule has 11 heteroatoms. The molecule has 0 aliphatic carbocycles. The third kappa shape index (κ3) is 6.04. The normalized spacial score (nSPS) is 11.1. The van der Waals surface area contributed by atoms with Crippen molar-refractivity contribution in [3.8, 4) is 11.4 Å². The molecule has 0 saturated heterocycles. The molecule has 2 heterocycles. The van der Waals surface area contributed by atoms with E-state index >= 15 is 0 Å². The van der Waals surface area contributed by atoms with Gasteiger partial charge in [-0.3, -0.25) is 4.99 Å². The molecule has 0 atom stereocenters. The van der Waals surface area contributed by atoms with E-state index in [0.29, 0.717) is 35.8 Å². The van der Waals surface area contributed by atoms with Gasteiger partial charge in [-0.1, -0.05) is 28.9 Å². The predicted molar refractivity (Wildman–Crippen MR) is 124 cm³/mol. The lowest BCUT2D eigenvalue weighted by Crippen LogP contribution is -2.36. The van der Waals surface area contributed by atoms with Crippen molar-refractivity contribution in [2.24, 2.45) is 4.99 Å². The highest BCUT2D eigenvalue weighted by atomic mass is 127. The van der Waals surface area contributed by atoms with Gasteiger partial charge < -0.3 is 20.1 Å². The maximum atomic E-state index is 6.00. The minimum atomic E-state index is 0. The lowest BCUT2D eigenvalue weighted by atomic mass is 10.2. The fourth-order valence-corrected chi connectivity index (χ4v) is 3.16. The number of guanidine groups is 1. The van der Waals surface area contributed by atoms with Crippen LogP contribution < -0.4 is 15.5 Å². The molecule has 8 nitrogen and oxygen atoms in total. The Labute approximate surface area is 189 Å². The van der Waals surface area contributed by atoms with Gasteiger partial charge in [-0.15, -0.1) is 35.3 Å². The molecule has 1 aromatic carbocycles. The molecule has 0 aliphatic rings. The summed E-state index contributed by atoms with van der Waals surface area (Å²) >= 11 is 7.60. The minimum Gasteiger partial charge on any atom is -0.354 e. The molecular weight excluding hydrogens is 513 g/mol. The Morgan fingerprint density at radius 2 is 2.04 bits per heavy atom. The van der Waals surface area contributed by atoms with Crippen LogP contribution in [0.15, 0.2) is 39.2 Å². The number of anilines is 1. The molecule has 2 aromatic heterocycles. The second-order valence-corrected chi connectivity index (χ2v) is 7.09. The minimum absolute atomic E-state index is 0. The first-order valence-electron chi connectivity index (χ1n) is 8.20. The van der Waals surface area contributed by atoms with E-state index in [9.17, 15) is 0 Å². The molecule has 28 heavy (non-hydrogen) atoms. The number of aromatic nitrogens is 3. The van der Waals surface area contributed by atoms with Crippen LogP contribution in [0.1, 0.15) is 11.6 Å². The Kier molecular flexibility index (Phi) is 8.45. The molecule has 0 amide bonds. The Bertz CT molecular complexity index is 928. The van der Waals surface area contributed by atoms with Gasteiger partial charge in [0, 0.05) is 37.1 Å². The number of thiazole rings is 1. The largest absolute Gasteiger partial charge is 0.354 e. The summed E-state index contributed by atoms with van der Waals surface area (Å²) < 4.78 is 5.28. The molecule has 0 spiro atoms. The molecule has 3 aromatic rings. The quantitative estimate of drug-likeness (QED) is 0.285. The summed E-state index contributed by atoms with van der Waals surface area (Å²) in [5, 5.41) is 14.0. The molecule has 0 aliphatic heterocycles. The first kappa shape index (κ1) is 22.4. The molecule has 0 bridgehead atoms. The highest BCUT2D eigenvalue weighted by Gasteiger charge is 2.10. The van der Waals surface area contributed by atoms with Crippen molar-refractivity contribution in [3.63, 3.8) is 0 Å². The average Bonchev–Trinajstić information content (AvgIpc) is 3.31. The van der Waals surface area contributed by atoms with E-state index in [4.69, 9.17) is 16.1 Å². The fraction of sp³-hybridized carbons (Fsp3) is 0.294. The summed E-state index contributed by atoms with van der Waals surface area (Å²) in [6.07, 6.45) is 0. The maximum Gasteiger partial charge on any atom is 0.246 e. The van der Waals surface area contributed by atoms with Crippen molar-refractivity contribution in [3.05, 3.63) is 46.3 Å². The van der Waals surface area contributed by atoms with E-state index in [1.807, 2.05) is 36.5 Å². The van der Waals surface area contributed by atoms with Crippen molar-refractivity contribution in [1.29, 1.82) is 0 Å². The van der Waals surface area contributed by atoms with Crippen LogP contribution >= 0.6 is 46.9 Å². The standard InChI is InChI=1S/C17H20ClN7OS.HI/c1-19-16(20-8-13-10-27-17(22-13)25(2)3)21-9-14-23-15(24-26-14)11-5-4-6-12(18)7-11;/h4-7,10H,8-9H2,1-3H3,(H2,19,20,21);1H. The second-order valence-electron chi connectivity index (χ2n) is 5.82. The summed E-state index contributed by atoms with van der Waals surface area (Å²) in [5.74, 6) is 1.57. The monoisotopic (exact) mass is 533 g/mol. The molecular formula is C17H21ClIN7OS. The zero-order chi connectivity index (χ0) is 19.2. The number of rotatable bonds is 6. The number of halogens is 2. The lowest BCUT2D eigenvalue weighted by molar-refractivity contribution is 0.375. The maximum absolute atomic E-state index is 6.00. The Balaban J connectivity index is 0.00000280. The van der Waals surface area contributed by atoms with Gasteiger partial charge in [0.1, 0.15) is 0 Å². The number of hydrogen-bond acceptors (Lipinski definition) is 7. The zero-order valence-corrected chi connectivity index (χ0v) is 19.5. The van der Waals surface area contributed by atoms with Crippen LogP contribution in [0.4, 0.5) is 5.13 Å². The van der Waals surface area contributed by atoms with Gasteiger partial charge in [0.15, 0.2) is 11.1 Å². The van der Waals surface area contributed by atoms with Gasteiger partial charge in [-0.2, -0.15) is 4.98 Å². The SMILES string of the molecule is CN=C(NCc1csc(N(C)C)n1)NCc1nc(-c2cccc(Cl)c2)no1.I. The van der Waals surface area contributed by atoms with Crippen molar-refractivity contribution in [2.75, 3.05) is 26.0 Å². The van der Waals surface area contributed by atoms with E-state index < -0.39 is 0 Å². The van der Waals surface area contributed by atoms with Crippen LogP contribution in [0.3, 0.4) is 0 Å². The molecule has 0 saturated carbocycles. The Hall–Kier alpha value is -1.92. The zero-order valence-electron chi connectivity index (χ0n) is 15.6. The van der Waals surface area contributed by atoms with E-state index in [1.54, 1.807) is 30.5 Å². The van der Waals surface area contributed by atoms with Gasteiger partial charge in [-0.25, -0.2) is 4.98 Å². The van der Waals surface area contributed by atoms with Crippen molar-refractivity contribution >= 4 is 58.0 Å². The smallest absolute Gasteiger partial charge is 0.246 e. The van der Waals surface area contributed by atoms with Crippen LogP contribution in [-0.4, -0.2) is 42.2 Å². The van der Waals surface area contributed by atoms with Gasteiger partial charge in [0.2, 0.25) is 11.7 Å². The second kappa shape index (κ2) is 10.6. The van der Waals surface area contributed by atoms with Gasteiger partial charge in [0.25, 0.3) is 0 Å². The van der Waals surface area contributed by atoms with E-state index in [1.165, 1.54) is 0 Å². The van der Waals surface area contributed by atoms with E-state index in [0.717, 1.165) is 16.4 Å². The number of nitrogens with zero attached hydrogens (tertiary/aromatic N) is 5. The summed E-state index contributed by atoms with van der Waals surface area (Å²) in [7, 11) is 5.64. The van der Waals surface area contributed by atoms with Gasteiger partial charge in [-0.05, 0) is 12.1 Å². The Morgan fingerprint density at radius 3 is 2.71 bits per heavy atom. The number of benzene rings is 1. The first-order chi connectivity index (χ1) is 13.0. The van der Waals surface area contributed by atoms with E-state index in [-0.39, 0.29) is 24.0 Å². The highest BCUT2D eigenvalue weighted by molar-refractivity contribution is 14.0. The molecule has 150 valence electrons. The third-order valence-electron chi connectivity index (χ3n) is 3.54. The molecule has 3 rings (SSSR count). The molecule has 0 unspecified atom stereocenters.